The second-order valence-corrected chi connectivity index (χ2v) is 6.31. The Morgan fingerprint density at radius 1 is 1.00 bits per heavy atom. The first kappa shape index (κ1) is 16.6. The van der Waals surface area contributed by atoms with Gasteiger partial charge in [-0.2, -0.15) is 0 Å². The second kappa shape index (κ2) is 6.53. The number of nitrogens with one attached hydrogen (secondary N) is 1. The lowest BCUT2D eigenvalue weighted by Gasteiger charge is -2.08. The Labute approximate surface area is 126 Å². The van der Waals surface area contributed by atoms with E-state index in [-0.39, 0.29) is 12.0 Å². The van der Waals surface area contributed by atoms with Crippen LogP contribution in [0.4, 0.5) is 8.78 Å². The SMILES string of the molecule is O=S(=O)(NCc1ccc(B(O)O)cc1)c1cc(F)cc(F)c1. The van der Waals surface area contributed by atoms with E-state index < -0.39 is 33.7 Å². The molecule has 3 N–H and O–H groups in total. The Bertz CT molecular complexity index is 746. The topological polar surface area (TPSA) is 86.6 Å². The quantitative estimate of drug-likeness (QED) is 0.681. The maximum atomic E-state index is 13.1. The molecule has 2 rings (SSSR count). The second-order valence-electron chi connectivity index (χ2n) is 4.54. The summed E-state index contributed by atoms with van der Waals surface area (Å²) in [6.07, 6.45) is 0. The molecule has 9 heteroatoms. The van der Waals surface area contributed by atoms with Crippen molar-refractivity contribution in [3.63, 3.8) is 0 Å². The normalized spacial score (nSPS) is 11.5. The highest BCUT2D eigenvalue weighted by molar-refractivity contribution is 7.89. The monoisotopic (exact) mass is 327 g/mol. The van der Waals surface area contributed by atoms with Crippen molar-refractivity contribution >= 4 is 22.6 Å². The summed E-state index contributed by atoms with van der Waals surface area (Å²) in [5, 5.41) is 17.9. The van der Waals surface area contributed by atoms with Crippen LogP contribution in [0.15, 0.2) is 47.4 Å². The predicted molar refractivity (Wildman–Crippen MR) is 76.7 cm³/mol. The molecule has 5 nitrogen and oxygen atoms in total. The molecule has 0 fully saturated rings. The summed E-state index contributed by atoms with van der Waals surface area (Å²) < 4.78 is 52.3. The zero-order chi connectivity index (χ0) is 16.3. The Hall–Kier alpha value is -1.81. The number of benzene rings is 2. The van der Waals surface area contributed by atoms with Crippen molar-refractivity contribution < 1.29 is 27.2 Å². The van der Waals surface area contributed by atoms with Gasteiger partial charge in [-0.1, -0.05) is 24.3 Å². The largest absolute Gasteiger partial charge is 0.488 e. The molecular weight excluding hydrogens is 315 g/mol. The summed E-state index contributed by atoms with van der Waals surface area (Å²) in [5.74, 6) is -1.97. The lowest BCUT2D eigenvalue weighted by molar-refractivity contribution is 0.425. The van der Waals surface area contributed by atoms with Crippen molar-refractivity contribution in [3.8, 4) is 0 Å². The highest BCUT2D eigenvalue weighted by Gasteiger charge is 2.16. The third kappa shape index (κ3) is 4.11. The zero-order valence-electron chi connectivity index (χ0n) is 11.2. The van der Waals surface area contributed by atoms with Gasteiger partial charge in [0.2, 0.25) is 10.0 Å². The van der Waals surface area contributed by atoms with Gasteiger partial charge in [-0.15, -0.1) is 0 Å². The van der Waals surface area contributed by atoms with Crippen molar-refractivity contribution in [2.24, 2.45) is 0 Å². The first-order chi connectivity index (χ1) is 10.3. The lowest BCUT2D eigenvalue weighted by Crippen LogP contribution is -2.30. The molecule has 0 radical (unpaired) electrons. The van der Waals surface area contributed by atoms with Crippen LogP contribution in [0.3, 0.4) is 0 Å². The fourth-order valence-electron chi connectivity index (χ4n) is 1.75. The summed E-state index contributed by atoms with van der Waals surface area (Å²) in [4.78, 5) is -0.507. The van der Waals surface area contributed by atoms with Crippen LogP contribution in [0, 0.1) is 11.6 Å². The van der Waals surface area contributed by atoms with Crippen LogP contribution in [0.1, 0.15) is 5.56 Å². The van der Waals surface area contributed by atoms with Gasteiger partial charge in [0.05, 0.1) is 4.90 Å². The molecule has 0 saturated heterocycles. The van der Waals surface area contributed by atoms with Crippen LogP contribution >= 0.6 is 0 Å². The number of hydrogen-bond acceptors (Lipinski definition) is 4. The minimum atomic E-state index is -4.06. The number of rotatable bonds is 5. The zero-order valence-corrected chi connectivity index (χ0v) is 12.0. The molecule has 0 unspecified atom stereocenters. The molecule has 0 aliphatic heterocycles. The standard InChI is InChI=1S/C13H12BF2NO4S/c15-11-5-12(16)7-13(6-11)22(20,21)17-8-9-1-3-10(4-2-9)14(18)19/h1-7,17-19H,8H2. The first-order valence-electron chi connectivity index (χ1n) is 6.19. The Morgan fingerprint density at radius 3 is 2.05 bits per heavy atom. The molecule has 0 heterocycles. The van der Waals surface area contributed by atoms with E-state index in [1.54, 1.807) is 0 Å². The molecule has 2 aromatic rings. The van der Waals surface area contributed by atoms with Gasteiger partial charge in [0.1, 0.15) is 11.6 Å². The van der Waals surface area contributed by atoms with E-state index in [4.69, 9.17) is 10.0 Å². The number of hydrogen-bond donors (Lipinski definition) is 3. The summed E-state index contributed by atoms with van der Waals surface area (Å²) in [6, 6.07) is 7.88. The predicted octanol–water partition coefficient (Wildman–Crippen LogP) is 0.123. The Balaban J connectivity index is 2.12. The summed E-state index contributed by atoms with van der Waals surface area (Å²) >= 11 is 0. The molecule has 0 amide bonds. The van der Waals surface area contributed by atoms with E-state index in [1.165, 1.54) is 24.3 Å². The minimum Gasteiger partial charge on any atom is -0.423 e. The van der Waals surface area contributed by atoms with Gasteiger partial charge in [0, 0.05) is 12.6 Å². The molecule has 0 atom stereocenters. The van der Waals surface area contributed by atoms with Crippen LogP contribution in [0.25, 0.3) is 0 Å². The van der Waals surface area contributed by atoms with E-state index in [1.807, 2.05) is 0 Å². The average molecular weight is 327 g/mol. The Kier molecular flexibility index (Phi) is 4.92. The molecule has 116 valence electrons. The maximum Gasteiger partial charge on any atom is 0.488 e. The van der Waals surface area contributed by atoms with Crippen LogP contribution in [-0.4, -0.2) is 25.6 Å². The van der Waals surface area contributed by atoms with Gasteiger partial charge in [-0.05, 0) is 23.2 Å². The van der Waals surface area contributed by atoms with Gasteiger partial charge in [0.15, 0.2) is 0 Å². The first-order valence-corrected chi connectivity index (χ1v) is 7.67. The van der Waals surface area contributed by atoms with Crippen LogP contribution in [-0.2, 0) is 16.6 Å². The minimum absolute atomic E-state index is 0.109. The van der Waals surface area contributed by atoms with Crippen molar-refractivity contribution in [2.45, 2.75) is 11.4 Å². The van der Waals surface area contributed by atoms with E-state index >= 15 is 0 Å². The fourth-order valence-corrected chi connectivity index (χ4v) is 2.81. The molecule has 0 aromatic heterocycles. The van der Waals surface area contributed by atoms with Crippen molar-refractivity contribution in [1.29, 1.82) is 0 Å². The number of halogens is 2. The van der Waals surface area contributed by atoms with E-state index in [9.17, 15) is 17.2 Å². The van der Waals surface area contributed by atoms with Crippen molar-refractivity contribution in [3.05, 3.63) is 59.7 Å². The average Bonchev–Trinajstić information content (AvgIpc) is 2.44. The van der Waals surface area contributed by atoms with Gasteiger partial charge >= 0.3 is 7.12 Å². The molecule has 0 aliphatic rings. The summed E-state index contributed by atoms with van der Waals surface area (Å²) in [6.45, 7) is -0.109. The molecule has 0 bridgehead atoms. The lowest BCUT2D eigenvalue weighted by atomic mass is 9.80. The number of sulfonamides is 1. The van der Waals surface area contributed by atoms with Crippen LogP contribution in [0.5, 0.6) is 0 Å². The molecule has 2 aromatic carbocycles. The highest BCUT2D eigenvalue weighted by Crippen LogP contribution is 2.14. The molecule has 0 saturated carbocycles. The third-order valence-electron chi connectivity index (χ3n) is 2.89. The maximum absolute atomic E-state index is 13.1. The van der Waals surface area contributed by atoms with E-state index in [0.717, 1.165) is 12.1 Å². The molecule has 0 spiro atoms. The van der Waals surface area contributed by atoms with Crippen LogP contribution < -0.4 is 10.2 Å². The smallest absolute Gasteiger partial charge is 0.423 e. The van der Waals surface area contributed by atoms with E-state index in [0.29, 0.717) is 11.6 Å². The third-order valence-corrected chi connectivity index (χ3v) is 4.27. The van der Waals surface area contributed by atoms with Gasteiger partial charge in [-0.3, -0.25) is 0 Å². The van der Waals surface area contributed by atoms with Crippen molar-refractivity contribution in [1.82, 2.24) is 4.72 Å². The van der Waals surface area contributed by atoms with Gasteiger partial charge < -0.3 is 10.0 Å². The van der Waals surface area contributed by atoms with Gasteiger partial charge in [-0.25, -0.2) is 21.9 Å². The Morgan fingerprint density at radius 2 is 1.55 bits per heavy atom. The van der Waals surface area contributed by atoms with Crippen LogP contribution in [0.2, 0.25) is 0 Å². The van der Waals surface area contributed by atoms with Gasteiger partial charge in [0.25, 0.3) is 0 Å². The summed E-state index contributed by atoms with van der Waals surface area (Å²) in [7, 11) is -5.67. The molecular formula is C13H12BF2NO4S. The highest BCUT2D eigenvalue weighted by atomic mass is 32.2. The fraction of sp³-hybridized carbons (Fsp3) is 0.0769. The molecule has 0 aliphatic carbocycles. The van der Waals surface area contributed by atoms with Crippen molar-refractivity contribution in [2.75, 3.05) is 0 Å². The molecule has 22 heavy (non-hydrogen) atoms. The van der Waals surface area contributed by atoms with E-state index in [2.05, 4.69) is 4.72 Å². The summed E-state index contributed by atoms with van der Waals surface area (Å²) in [5.41, 5.74) is 0.809.